The zero-order valence-electron chi connectivity index (χ0n) is 12.6. The van der Waals surface area contributed by atoms with Gasteiger partial charge in [0.15, 0.2) is 5.16 Å². The van der Waals surface area contributed by atoms with E-state index >= 15 is 0 Å². The van der Waals surface area contributed by atoms with E-state index in [-0.39, 0.29) is 6.10 Å². The number of nitrogens with zero attached hydrogens (tertiary/aromatic N) is 3. The molecule has 0 amide bonds. The predicted octanol–water partition coefficient (Wildman–Crippen LogP) is 2.23. The van der Waals surface area contributed by atoms with Gasteiger partial charge in [-0.15, -0.1) is 0 Å². The Morgan fingerprint density at radius 2 is 2.18 bits per heavy atom. The van der Waals surface area contributed by atoms with Crippen molar-refractivity contribution in [3.8, 4) is 0 Å². The molecule has 22 heavy (non-hydrogen) atoms. The van der Waals surface area contributed by atoms with Gasteiger partial charge in [0, 0.05) is 24.9 Å². The molecular formula is C16H20N4OS. The summed E-state index contributed by atoms with van der Waals surface area (Å²) < 4.78 is 0. The summed E-state index contributed by atoms with van der Waals surface area (Å²) in [4.78, 5) is 10.9. The zero-order valence-corrected chi connectivity index (χ0v) is 13.4. The minimum Gasteiger partial charge on any atom is -0.391 e. The molecule has 1 aromatic carbocycles. The molecule has 116 valence electrons. The van der Waals surface area contributed by atoms with Crippen molar-refractivity contribution in [2.24, 2.45) is 0 Å². The molecule has 0 spiro atoms. The van der Waals surface area contributed by atoms with Gasteiger partial charge in [0.05, 0.1) is 6.10 Å². The number of aliphatic hydroxyl groups excluding tert-OH is 1. The van der Waals surface area contributed by atoms with Gasteiger partial charge in [0.2, 0.25) is 0 Å². The Kier molecular flexibility index (Phi) is 4.49. The van der Waals surface area contributed by atoms with Crippen LogP contribution < -0.4 is 10.6 Å². The lowest BCUT2D eigenvalue weighted by Crippen LogP contribution is -2.22. The fourth-order valence-electron chi connectivity index (χ4n) is 2.52. The average Bonchev–Trinajstić information content (AvgIpc) is 2.93. The van der Waals surface area contributed by atoms with Gasteiger partial charge in [-0.1, -0.05) is 36.0 Å². The summed E-state index contributed by atoms with van der Waals surface area (Å²) in [5.74, 6) is 2.09. The van der Waals surface area contributed by atoms with Crippen molar-refractivity contribution in [3.05, 3.63) is 41.5 Å². The zero-order chi connectivity index (χ0) is 15.5. The van der Waals surface area contributed by atoms with Gasteiger partial charge in [0.25, 0.3) is 0 Å². The maximum atomic E-state index is 9.66. The second-order valence-corrected chi connectivity index (χ2v) is 6.48. The quantitative estimate of drug-likeness (QED) is 0.665. The molecule has 1 aromatic heterocycles. The highest BCUT2D eigenvalue weighted by Gasteiger charge is 2.22. The van der Waals surface area contributed by atoms with Crippen molar-refractivity contribution in [1.82, 2.24) is 9.97 Å². The molecule has 1 atom stereocenters. The molecule has 1 unspecified atom stereocenters. The first-order valence-corrected chi connectivity index (χ1v) is 8.35. The summed E-state index contributed by atoms with van der Waals surface area (Å²) in [6.07, 6.45) is 0.495. The number of anilines is 2. The average molecular weight is 316 g/mol. The summed E-state index contributed by atoms with van der Waals surface area (Å²) in [5.41, 5.74) is 8.45. The normalized spacial score (nSPS) is 17.9. The molecule has 0 radical (unpaired) electrons. The first-order chi connectivity index (χ1) is 10.6. The molecule has 1 aliphatic rings. The SMILES string of the molecule is Cc1ccccc1CSc1nc(N)cc(N2CCC(O)C2)n1. The summed E-state index contributed by atoms with van der Waals surface area (Å²) in [6.45, 7) is 3.52. The summed E-state index contributed by atoms with van der Waals surface area (Å²) in [7, 11) is 0. The van der Waals surface area contributed by atoms with Crippen LogP contribution in [0.2, 0.25) is 0 Å². The number of nitrogen functional groups attached to an aromatic ring is 1. The third-order valence-corrected chi connectivity index (χ3v) is 4.71. The van der Waals surface area contributed by atoms with Crippen LogP contribution in [0.5, 0.6) is 0 Å². The van der Waals surface area contributed by atoms with E-state index in [9.17, 15) is 5.11 Å². The van der Waals surface area contributed by atoms with Gasteiger partial charge in [-0.25, -0.2) is 9.97 Å². The Morgan fingerprint density at radius 3 is 2.91 bits per heavy atom. The molecule has 0 bridgehead atoms. The lowest BCUT2D eigenvalue weighted by molar-refractivity contribution is 0.198. The summed E-state index contributed by atoms with van der Waals surface area (Å²) >= 11 is 1.58. The van der Waals surface area contributed by atoms with Crippen LogP contribution in [-0.2, 0) is 5.75 Å². The number of aromatic nitrogens is 2. The van der Waals surface area contributed by atoms with Crippen LogP contribution >= 0.6 is 11.8 Å². The number of hydrogen-bond acceptors (Lipinski definition) is 6. The molecule has 2 aromatic rings. The van der Waals surface area contributed by atoms with E-state index in [1.54, 1.807) is 17.8 Å². The van der Waals surface area contributed by atoms with Crippen LogP contribution in [0.25, 0.3) is 0 Å². The smallest absolute Gasteiger partial charge is 0.191 e. The fraction of sp³-hybridized carbons (Fsp3) is 0.375. The molecule has 1 saturated heterocycles. The molecule has 5 nitrogen and oxygen atoms in total. The molecule has 1 aliphatic heterocycles. The van der Waals surface area contributed by atoms with Gasteiger partial charge >= 0.3 is 0 Å². The third-order valence-electron chi connectivity index (χ3n) is 3.82. The number of aliphatic hydroxyl groups is 1. The van der Waals surface area contributed by atoms with E-state index in [0.717, 1.165) is 24.5 Å². The van der Waals surface area contributed by atoms with Gasteiger partial charge in [-0.3, -0.25) is 0 Å². The Morgan fingerprint density at radius 1 is 1.36 bits per heavy atom. The lowest BCUT2D eigenvalue weighted by Gasteiger charge is -2.17. The van der Waals surface area contributed by atoms with Crippen LogP contribution in [0, 0.1) is 6.92 Å². The summed E-state index contributed by atoms with van der Waals surface area (Å²) in [5, 5.41) is 10.3. The molecule has 1 fully saturated rings. The number of rotatable bonds is 4. The van der Waals surface area contributed by atoms with E-state index < -0.39 is 0 Å². The van der Waals surface area contributed by atoms with Gasteiger partial charge in [-0.05, 0) is 24.5 Å². The number of hydrogen-bond donors (Lipinski definition) is 2. The highest BCUT2D eigenvalue weighted by atomic mass is 32.2. The number of β-amino-alcohol motifs (C(OH)–C–C–N with tert-alkyl or cyclic N) is 1. The van der Waals surface area contributed by atoms with Crippen LogP contribution in [0.3, 0.4) is 0 Å². The number of aryl methyl sites for hydroxylation is 1. The van der Waals surface area contributed by atoms with Crippen molar-refractivity contribution in [3.63, 3.8) is 0 Å². The Labute approximate surface area is 134 Å². The highest BCUT2D eigenvalue weighted by Crippen LogP contribution is 2.26. The molecule has 3 rings (SSSR count). The first kappa shape index (κ1) is 15.1. The van der Waals surface area contributed by atoms with Crippen molar-refractivity contribution in [2.45, 2.75) is 30.4 Å². The maximum absolute atomic E-state index is 9.66. The first-order valence-electron chi connectivity index (χ1n) is 7.36. The van der Waals surface area contributed by atoms with Crippen molar-refractivity contribution >= 4 is 23.4 Å². The number of thioether (sulfide) groups is 1. The van der Waals surface area contributed by atoms with Crippen LogP contribution in [-0.4, -0.2) is 34.3 Å². The molecule has 0 aliphatic carbocycles. The number of benzene rings is 1. The molecular weight excluding hydrogens is 296 g/mol. The lowest BCUT2D eigenvalue weighted by atomic mass is 10.1. The standard InChI is InChI=1S/C16H20N4OS/c1-11-4-2-3-5-12(11)10-22-16-18-14(17)8-15(19-16)20-7-6-13(21)9-20/h2-5,8,13,21H,6-7,9-10H2,1H3,(H2,17,18,19). The largest absolute Gasteiger partial charge is 0.391 e. The second kappa shape index (κ2) is 6.54. The Bertz CT molecular complexity index is 664. The van der Waals surface area contributed by atoms with E-state index in [1.165, 1.54) is 11.1 Å². The third kappa shape index (κ3) is 3.51. The van der Waals surface area contributed by atoms with Crippen LogP contribution in [0.15, 0.2) is 35.5 Å². The van der Waals surface area contributed by atoms with Crippen LogP contribution in [0.4, 0.5) is 11.6 Å². The van der Waals surface area contributed by atoms with Crippen molar-refractivity contribution in [1.29, 1.82) is 0 Å². The van der Waals surface area contributed by atoms with E-state index in [0.29, 0.717) is 17.5 Å². The minimum absolute atomic E-state index is 0.278. The Balaban J connectivity index is 1.74. The fourth-order valence-corrected chi connectivity index (χ4v) is 3.46. The summed E-state index contributed by atoms with van der Waals surface area (Å²) in [6, 6.07) is 10.1. The van der Waals surface area contributed by atoms with E-state index in [1.807, 2.05) is 12.1 Å². The van der Waals surface area contributed by atoms with E-state index in [2.05, 4.69) is 33.9 Å². The number of nitrogens with two attached hydrogens (primary N) is 1. The van der Waals surface area contributed by atoms with Gasteiger partial charge < -0.3 is 15.7 Å². The van der Waals surface area contributed by atoms with E-state index in [4.69, 9.17) is 5.73 Å². The maximum Gasteiger partial charge on any atom is 0.191 e. The van der Waals surface area contributed by atoms with Gasteiger partial charge in [-0.2, -0.15) is 0 Å². The molecule has 6 heteroatoms. The highest BCUT2D eigenvalue weighted by molar-refractivity contribution is 7.98. The monoisotopic (exact) mass is 316 g/mol. The van der Waals surface area contributed by atoms with Crippen molar-refractivity contribution < 1.29 is 5.11 Å². The van der Waals surface area contributed by atoms with Crippen LogP contribution in [0.1, 0.15) is 17.5 Å². The second-order valence-electron chi connectivity index (χ2n) is 5.54. The molecule has 3 N–H and O–H groups in total. The molecule has 0 saturated carbocycles. The Hall–Kier alpha value is -1.79. The topological polar surface area (TPSA) is 75.3 Å². The minimum atomic E-state index is -0.278. The van der Waals surface area contributed by atoms with Gasteiger partial charge in [0.1, 0.15) is 11.6 Å². The van der Waals surface area contributed by atoms with Crippen molar-refractivity contribution in [2.75, 3.05) is 23.7 Å². The predicted molar refractivity (Wildman–Crippen MR) is 90.0 cm³/mol. The molecule has 2 heterocycles.